The van der Waals surface area contributed by atoms with E-state index in [1.165, 1.54) is 12.0 Å². The van der Waals surface area contributed by atoms with E-state index >= 15 is 0 Å². The molecule has 1 atom stereocenters. The minimum absolute atomic E-state index is 0.475. The average molecular weight is 311 g/mol. The monoisotopic (exact) mass is 311 g/mol. The third-order valence-corrected chi connectivity index (χ3v) is 4.78. The van der Waals surface area contributed by atoms with E-state index in [0.29, 0.717) is 6.04 Å². The second-order valence-corrected chi connectivity index (χ2v) is 6.28. The molecule has 0 saturated carbocycles. The molecule has 1 aromatic rings. The number of rotatable bonds is 10. The molecule has 1 unspecified atom stereocenters. The van der Waals surface area contributed by atoms with E-state index in [9.17, 15) is 0 Å². The molecule has 0 amide bonds. The number of ether oxygens (including phenoxy) is 2. The Morgan fingerprint density at radius 3 is 2.33 bits per heavy atom. The summed E-state index contributed by atoms with van der Waals surface area (Å²) in [5.74, 6) is 3.01. The zero-order valence-electron chi connectivity index (χ0n) is 14.0. The summed E-state index contributed by atoms with van der Waals surface area (Å²) in [5.41, 5.74) is 1.21. The molecule has 21 heavy (non-hydrogen) atoms. The van der Waals surface area contributed by atoms with Crippen LogP contribution in [0.2, 0.25) is 0 Å². The van der Waals surface area contributed by atoms with Gasteiger partial charge in [0.25, 0.3) is 0 Å². The minimum atomic E-state index is 0.475. The number of nitrogens with one attached hydrogen (secondary N) is 1. The van der Waals surface area contributed by atoms with Crippen molar-refractivity contribution in [1.29, 1.82) is 0 Å². The van der Waals surface area contributed by atoms with E-state index in [-0.39, 0.29) is 0 Å². The van der Waals surface area contributed by atoms with Crippen molar-refractivity contribution in [2.45, 2.75) is 50.5 Å². The molecule has 0 fully saturated rings. The summed E-state index contributed by atoms with van der Waals surface area (Å²) in [5, 5.41) is 3.39. The van der Waals surface area contributed by atoms with Crippen LogP contribution in [-0.4, -0.2) is 33.1 Å². The van der Waals surface area contributed by atoms with Crippen LogP contribution in [0.15, 0.2) is 17.0 Å². The molecule has 3 nitrogen and oxygen atoms in total. The number of likely N-dealkylation sites (N-methyl/N-ethyl adjacent to an activating group) is 1. The SMILES string of the molecule is CCCSc1cc(OC)c(CC(CCC)NC)cc1OC. The Bertz CT molecular complexity index is 423. The molecular formula is C17H29NO2S. The van der Waals surface area contributed by atoms with Gasteiger partial charge in [-0.05, 0) is 49.8 Å². The highest BCUT2D eigenvalue weighted by molar-refractivity contribution is 7.99. The second kappa shape index (κ2) is 9.96. The zero-order chi connectivity index (χ0) is 15.7. The Morgan fingerprint density at radius 1 is 1.10 bits per heavy atom. The summed E-state index contributed by atoms with van der Waals surface area (Å²) in [6.45, 7) is 4.40. The van der Waals surface area contributed by atoms with Gasteiger partial charge in [0, 0.05) is 6.04 Å². The molecule has 0 saturated heterocycles. The predicted octanol–water partition coefficient (Wildman–Crippen LogP) is 4.14. The number of hydrogen-bond donors (Lipinski definition) is 1. The Hall–Kier alpha value is -0.870. The highest BCUT2D eigenvalue weighted by Crippen LogP contribution is 2.36. The highest BCUT2D eigenvalue weighted by Gasteiger charge is 2.15. The van der Waals surface area contributed by atoms with Crippen molar-refractivity contribution in [3.8, 4) is 11.5 Å². The number of thioether (sulfide) groups is 1. The van der Waals surface area contributed by atoms with Crippen molar-refractivity contribution in [1.82, 2.24) is 5.32 Å². The molecule has 120 valence electrons. The molecular weight excluding hydrogens is 282 g/mol. The number of hydrogen-bond acceptors (Lipinski definition) is 4. The Morgan fingerprint density at radius 2 is 1.81 bits per heavy atom. The first kappa shape index (κ1) is 18.2. The Labute approximate surface area is 133 Å². The lowest BCUT2D eigenvalue weighted by atomic mass is 10.0. The predicted molar refractivity (Wildman–Crippen MR) is 92.0 cm³/mol. The Balaban J connectivity index is 3.02. The van der Waals surface area contributed by atoms with Crippen LogP contribution in [0, 0.1) is 0 Å². The van der Waals surface area contributed by atoms with Crippen LogP contribution in [0.5, 0.6) is 11.5 Å². The molecule has 1 rings (SSSR count). The first-order chi connectivity index (χ1) is 10.2. The first-order valence-corrected chi connectivity index (χ1v) is 8.73. The number of benzene rings is 1. The van der Waals surface area contributed by atoms with Crippen molar-refractivity contribution in [2.24, 2.45) is 0 Å². The van der Waals surface area contributed by atoms with Gasteiger partial charge in [0.2, 0.25) is 0 Å². The lowest BCUT2D eigenvalue weighted by molar-refractivity contribution is 0.387. The van der Waals surface area contributed by atoms with Gasteiger partial charge >= 0.3 is 0 Å². The van der Waals surface area contributed by atoms with Crippen LogP contribution in [0.25, 0.3) is 0 Å². The molecule has 1 N–H and O–H groups in total. The first-order valence-electron chi connectivity index (χ1n) is 7.75. The largest absolute Gasteiger partial charge is 0.496 e. The van der Waals surface area contributed by atoms with E-state index in [4.69, 9.17) is 9.47 Å². The topological polar surface area (TPSA) is 30.5 Å². The van der Waals surface area contributed by atoms with Gasteiger partial charge in [0.15, 0.2) is 0 Å². The minimum Gasteiger partial charge on any atom is -0.496 e. The van der Waals surface area contributed by atoms with Gasteiger partial charge in [-0.25, -0.2) is 0 Å². The van der Waals surface area contributed by atoms with Gasteiger partial charge in [-0.15, -0.1) is 11.8 Å². The van der Waals surface area contributed by atoms with Gasteiger partial charge in [0.05, 0.1) is 19.1 Å². The standard InChI is InChI=1S/C17H29NO2S/c1-6-8-14(18-3)10-13-11-16(20-5)17(21-9-7-2)12-15(13)19-4/h11-12,14,18H,6-10H2,1-5H3. The van der Waals surface area contributed by atoms with E-state index < -0.39 is 0 Å². The van der Waals surface area contributed by atoms with Crippen molar-refractivity contribution >= 4 is 11.8 Å². The molecule has 0 heterocycles. The van der Waals surface area contributed by atoms with Crippen LogP contribution in [0.4, 0.5) is 0 Å². The summed E-state index contributed by atoms with van der Waals surface area (Å²) in [6.07, 6.45) is 4.45. The third kappa shape index (κ3) is 5.44. The van der Waals surface area contributed by atoms with Crippen molar-refractivity contribution in [2.75, 3.05) is 27.0 Å². The lowest BCUT2D eigenvalue weighted by Gasteiger charge is -2.19. The third-order valence-electron chi connectivity index (χ3n) is 3.54. The van der Waals surface area contributed by atoms with Crippen molar-refractivity contribution in [3.63, 3.8) is 0 Å². The molecule has 0 bridgehead atoms. The summed E-state index contributed by atoms with van der Waals surface area (Å²) in [4.78, 5) is 1.16. The maximum atomic E-state index is 5.59. The average Bonchev–Trinajstić information content (AvgIpc) is 2.52. The molecule has 0 aromatic heterocycles. The quantitative estimate of drug-likeness (QED) is 0.658. The van der Waals surface area contributed by atoms with Gasteiger partial charge in [-0.3, -0.25) is 0 Å². The fourth-order valence-electron chi connectivity index (χ4n) is 2.38. The van der Waals surface area contributed by atoms with Crippen LogP contribution >= 0.6 is 11.8 Å². The van der Waals surface area contributed by atoms with E-state index in [0.717, 1.165) is 41.4 Å². The molecule has 1 aromatic carbocycles. The fourth-order valence-corrected chi connectivity index (χ4v) is 3.28. The van der Waals surface area contributed by atoms with Crippen LogP contribution in [0.1, 0.15) is 38.7 Å². The fraction of sp³-hybridized carbons (Fsp3) is 0.647. The summed E-state index contributed by atoms with van der Waals surface area (Å²) >= 11 is 1.82. The van der Waals surface area contributed by atoms with Crippen LogP contribution in [0.3, 0.4) is 0 Å². The molecule has 0 aliphatic rings. The smallest absolute Gasteiger partial charge is 0.132 e. The summed E-state index contributed by atoms with van der Waals surface area (Å²) < 4.78 is 11.2. The van der Waals surface area contributed by atoms with Crippen LogP contribution in [-0.2, 0) is 6.42 Å². The summed E-state index contributed by atoms with van der Waals surface area (Å²) in [6, 6.07) is 4.73. The van der Waals surface area contributed by atoms with Gasteiger partial charge in [-0.1, -0.05) is 20.3 Å². The van der Waals surface area contributed by atoms with Gasteiger partial charge < -0.3 is 14.8 Å². The zero-order valence-corrected chi connectivity index (χ0v) is 14.8. The molecule has 0 radical (unpaired) electrons. The van der Waals surface area contributed by atoms with Gasteiger partial charge in [0.1, 0.15) is 11.5 Å². The maximum Gasteiger partial charge on any atom is 0.132 e. The molecule has 4 heteroatoms. The highest BCUT2D eigenvalue weighted by atomic mass is 32.2. The molecule has 0 aliphatic carbocycles. The summed E-state index contributed by atoms with van der Waals surface area (Å²) in [7, 11) is 5.51. The van der Waals surface area contributed by atoms with E-state index in [1.54, 1.807) is 14.2 Å². The second-order valence-electron chi connectivity index (χ2n) is 5.14. The van der Waals surface area contributed by atoms with Crippen molar-refractivity contribution < 1.29 is 9.47 Å². The van der Waals surface area contributed by atoms with Crippen LogP contribution < -0.4 is 14.8 Å². The Kier molecular flexibility index (Phi) is 8.62. The molecule has 0 aliphatic heterocycles. The van der Waals surface area contributed by atoms with E-state index in [1.807, 2.05) is 18.8 Å². The normalized spacial score (nSPS) is 12.2. The van der Waals surface area contributed by atoms with Crippen molar-refractivity contribution in [3.05, 3.63) is 17.7 Å². The maximum absolute atomic E-state index is 5.59. The van der Waals surface area contributed by atoms with E-state index in [2.05, 4.69) is 31.3 Å². The number of methoxy groups -OCH3 is 2. The van der Waals surface area contributed by atoms with Gasteiger partial charge in [-0.2, -0.15) is 0 Å². The lowest BCUT2D eigenvalue weighted by Crippen LogP contribution is -2.27. The molecule has 0 spiro atoms.